The Bertz CT molecular complexity index is 794. The van der Waals surface area contributed by atoms with Crippen molar-refractivity contribution in [2.75, 3.05) is 43.5 Å². The normalized spacial score (nSPS) is 16.1. The van der Waals surface area contributed by atoms with Gasteiger partial charge in [-0.05, 0) is 25.5 Å². The highest BCUT2D eigenvalue weighted by atomic mass is 35.5. The zero-order valence-corrected chi connectivity index (χ0v) is 16.5. The number of hydrogen-bond acceptors (Lipinski definition) is 6. The van der Waals surface area contributed by atoms with Gasteiger partial charge in [-0.1, -0.05) is 11.6 Å². The fourth-order valence-electron chi connectivity index (χ4n) is 3.13. The highest BCUT2D eigenvalue weighted by Gasteiger charge is 2.26. The molecule has 1 aromatic carbocycles. The van der Waals surface area contributed by atoms with Crippen LogP contribution in [-0.4, -0.2) is 60.1 Å². The molecule has 1 aliphatic heterocycles. The first-order chi connectivity index (χ1) is 13.0. The van der Waals surface area contributed by atoms with Crippen LogP contribution in [0, 0.1) is 6.92 Å². The minimum atomic E-state index is -0.255. The molecule has 144 valence electrons. The average Bonchev–Trinajstić information content (AvgIpc) is 2.70. The van der Waals surface area contributed by atoms with Gasteiger partial charge in [0.1, 0.15) is 11.6 Å². The van der Waals surface area contributed by atoms with Crippen LogP contribution in [0.4, 0.5) is 11.5 Å². The number of carbonyl (C=O) groups excluding carboxylic acids is 1. The van der Waals surface area contributed by atoms with Crippen molar-refractivity contribution in [1.29, 1.82) is 0 Å². The fourth-order valence-corrected chi connectivity index (χ4v) is 3.28. The van der Waals surface area contributed by atoms with Gasteiger partial charge in [0, 0.05) is 49.7 Å². The zero-order chi connectivity index (χ0) is 19.4. The number of aryl methyl sites for hydroxylation is 1. The van der Waals surface area contributed by atoms with E-state index in [1.165, 1.54) is 0 Å². The largest absolute Gasteiger partial charge is 0.495 e. The molecule has 1 saturated heterocycles. The summed E-state index contributed by atoms with van der Waals surface area (Å²) in [5.41, 5.74) is 1.52. The summed E-state index contributed by atoms with van der Waals surface area (Å²) in [5, 5.41) is 3.58. The zero-order valence-electron chi connectivity index (χ0n) is 15.8. The van der Waals surface area contributed by atoms with Crippen LogP contribution in [-0.2, 0) is 4.79 Å². The molecule has 0 saturated carbocycles. The summed E-state index contributed by atoms with van der Waals surface area (Å²) in [6, 6.07) is 3.30. The number of rotatable bonds is 5. The molecule has 3 rings (SSSR count). The second kappa shape index (κ2) is 8.54. The van der Waals surface area contributed by atoms with Gasteiger partial charge in [0.15, 0.2) is 0 Å². The summed E-state index contributed by atoms with van der Waals surface area (Å²) in [5.74, 6) is 1.36. The first-order valence-electron chi connectivity index (χ1n) is 8.89. The third-order valence-corrected chi connectivity index (χ3v) is 5.26. The van der Waals surface area contributed by atoms with Crippen LogP contribution in [0.5, 0.6) is 5.75 Å². The summed E-state index contributed by atoms with van der Waals surface area (Å²) >= 11 is 6.13. The van der Waals surface area contributed by atoms with Gasteiger partial charge in [-0.2, -0.15) is 0 Å². The lowest BCUT2D eigenvalue weighted by Crippen LogP contribution is -2.53. The number of aromatic nitrogens is 2. The Labute approximate surface area is 164 Å². The second-order valence-corrected chi connectivity index (χ2v) is 6.96. The van der Waals surface area contributed by atoms with Crippen molar-refractivity contribution in [1.82, 2.24) is 14.9 Å². The first-order valence-corrected chi connectivity index (χ1v) is 9.27. The van der Waals surface area contributed by atoms with Crippen LogP contribution in [0.2, 0.25) is 5.02 Å². The van der Waals surface area contributed by atoms with E-state index in [4.69, 9.17) is 16.3 Å². The van der Waals surface area contributed by atoms with Crippen LogP contribution < -0.4 is 15.0 Å². The molecule has 1 aliphatic rings. The van der Waals surface area contributed by atoms with Crippen molar-refractivity contribution in [2.24, 2.45) is 0 Å². The molecule has 0 spiro atoms. The minimum Gasteiger partial charge on any atom is -0.495 e. The van der Waals surface area contributed by atoms with Crippen LogP contribution in [0.15, 0.2) is 30.7 Å². The van der Waals surface area contributed by atoms with Crippen molar-refractivity contribution in [3.63, 3.8) is 0 Å². The third-order valence-electron chi connectivity index (χ3n) is 4.85. The lowest BCUT2D eigenvalue weighted by molar-refractivity contribution is -0.120. The van der Waals surface area contributed by atoms with Crippen LogP contribution in [0.3, 0.4) is 0 Å². The molecule has 0 aliphatic carbocycles. The predicted molar refractivity (Wildman–Crippen MR) is 107 cm³/mol. The standard InChI is InChI=1S/C19H24ClN5O2/c1-13-10-16(17(27-3)11-15(13)20)23-19(26)14(2)24-6-8-25(9-7-24)18-12-21-4-5-22-18/h4-5,10-12,14H,6-9H2,1-3H3,(H,23,26). The maximum atomic E-state index is 12.8. The molecule has 0 radical (unpaired) electrons. The smallest absolute Gasteiger partial charge is 0.241 e. The summed E-state index contributed by atoms with van der Waals surface area (Å²) in [7, 11) is 1.56. The Hall–Kier alpha value is -2.38. The van der Waals surface area contributed by atoms with Gasteiger partial charge in [0.25, 0.3) is 0 Å². The monoisotopic (exact) mass is 389 g/mol. The Morgan fingerprint density at radius 3 is 2.63 bits per heavy atom. The molecule has 2 heterocycles. The van der Waals surface area contributed by atoms with Crippen molar-refractivity contribution in [3.05, 3.63) is 41.3 Å². The van der Waals surface area contributed by atoms with Crippen LogP contribution in [0.1, 0.15) is 12.5 Å². The van der Waals surface area contributed by atoms with E-state index in [9.17, 15) is 4.79 Å². The highest BCUT2D eigenvalue weighted by molar-refractivity contribution is 6.31. The topological polar surface area (TPSA) is 70.6 Å². The number of anilines is 2. The van der Waals surface area contributed by atoms with Crippen molar-refractivity contribution >= 4 is 29.0 Å². The van der Waals surface area contributed by atoms with Gasteiger partial charge in [0.05, 0.1) is 25.0 Å². The lowest BCUT2D eigenvalue weighted by atomic mass is 10.1. The van der Waals surface area contributed by atoms with Crippen molar-refractivity contribution in [2.45, 2.75) is 19.9 Å². The number of ether oxygens (including phenoxy) is 1. The summed E-state index contributed by atoms with van der Waals surface area (Å²) in [4.78, 5) is 25.5. The van der Waals surface area contributed by atoms with E-state index in [0.29, 0.717) is 16.5 Å². The van der Waals surface area contributed by atoms with Gasteiger partial charge < -0.3 is 15.0 Å². The molecule has 8 heteroatoms. The summed E-state index contributed by atoms with van der Waals surface area (Å²) in [6.45, 7) is 6.98. The number of methoxy groups -OCH3 is 1. The summed E-state index contributed by atoms with van der Waals surface area (Å²) in [6.07, 6.45) is 5.12. The number of nitrogens with zero attached hydrogens (tertiary/aromatic N) is 4. The Balaban J connectivity index is 1.61. The molecule has 1 unspecified atom stereocenters. The SMILES string of the molecule is COc1cc(Cl)c(C)cc1NC(=O)C(C)N1CCN(c2cnccn2)CC1. The predicted octanol–water partition coefficient (Wildman–Crippen LogP) is 2.60. The number of nitrogens with one attached hydrogen (secondary N) is 1. The van der Waals surface area contributed by atoms with E-state index in [2.05, 4.69) is 25.1 Å². The van der Waals surface area contributed by atoms with Crippen LogP contribution >= 0.6 is 11.6 Å². The fraction of sp³-hybridized carbons (Fsp3) is 0.421. The number of hydrogen-bond donors (Lipinski definition) is 1. The number of amides is 1. The molecule has 7 nitrogen and oxygen atoms in total. The Kier molecular flexibility index (Phi) is 6.13. The van der Waals surface area contributed by atoms with E-state index in [1.54, 1.807) is 31.8 Å². The molecule has 0 bridgehead atoms. The quantitative estimate of drug-likeness (QED) is 0.847. The molecule has 1 amide bonds. The molecule has 1 N–H and O–H groups in total. The van der Waals surface area contributed by atoms with E-state index in [0.717, 1.165) is 37.6 Å². The van der Waals surface area contributed by atoms with Crippen molar-refractivity contribution in [3.8, 4) is 5.75 Å². The van der Waals surface area contributed by atoms with Gasteiger partial charge in [-0.15, -0.1) is 0 Å². The number of carbonyl (C=O) groups is 1. The average molecular weight is 390 g/mol. The van der Waals surface area contributed by atoms with Gasteiger partial charge in [-0.3, -0.25) is 14.7 Å². The van der Waals surface area contributed by atoms with E-state index >= 15 is 0 Å². The Morgan fingerprint density at radius 1 is 1.26 bits per heavy atom. The van der Waals surface area contributed by atoms with Crippen molar-refractivity contribution < 1.29 is 9.53 Å². The molecule has 2 aromatic rings. The van der Waals surface area contributed by atoms with Crippen LogP contribution in [0.25, 0.3) is 0 Å². The molecule has 1 atom stereocenters. The minimum absolute atomic E-state index is 0.0667. The molecular weight excluding hydrogens is 366 g/mol. The summed E-state index contributed by atoms with van der Waals surface area (Å²) < 4.78 is 5.34. The van der Waals surface area contributed by atoms with Gasteiger partial charge >= 0.3 is 0 Å². The maximum Gasteiger partial charge on any atom is 0.241 e. The lowest BCUT2D eigenvalue weighted by Gasteiger charge is -2.37. The molecule has 1 fully saturated rings. The highest BCUT2D eigenvalue weighted by Crippen LogP contribution is 2.31. The van der Waals surface area contributed by atoms with Gasteiger partial charge in [0.2, 0.25) is 5.91 Å². The van der Waals surface area contributed by atoms with E-state index in [-0.39, 0.29) is 11.9 Å². The number of halogens is 1. The molecule has 27 heavy (non-hydrogen) atoms. The number of benzene rings is 1. The van der Waals surface area contributed by atoms with E-state index < -0.39 is 0 Å². The van der Waals surface area contributed by atoms with E-state index in [1.807, 2.05) is 19.9 Å². The molecule has 1 aromatic heterocycles. The Morgan fingerprint density at radius 2 is 2.00 bits per heavy atom. The maximum absolute atomic E-state index is 12.8. The first kappa shape index (κ1) is 19.4. The van der Waals surface area contributed by atoms with Gasteiger partial charge in [-0.25, -0.2) is 4.98 Å². The second-order valence-electron chi connectivity index (χ2n) is 6.55. The third kappa shape index (κ3) is 4.48. The number of piperazine rings is 1. The molecular formula is C19H24ClN5O2.